The van der Waals surface area contributed by atoms with Crippen molar-refractivity contribution in [1.82, 2.24) is 5.32 Å². The van der Waals surface area contributed by atoms with Crippen LogP contribution >= 0.6 is 0 Å². The third-order valence-electron chi connectivity index (χ3n) is 5.02. The Hall–Kier alpha value is -2.30. The highest BCUT2D eigenvalue weighted by Crippen LogP contribution is 2.37. The van der Waals surface area contributed by atoms with Gasteiger partial charge in [0.05, 0.1) is 11.1 Å². The van der Waals surface area contributed by atoms with Gasteiger partial charge in [-0.25, -0.2) is 43.9 Å². The number of halogens is 10. The number of rotatable bonds is 8. The first kappa shape index (κ1) is 28.7. The van der Waals surface area contributed by atoms with E-state index in [4.69, 9.17) is 0 Å². The van der Waals surface area contributed by atoms with Crippen LogP contribution in [-0.2, 0) is 0 Å². The fraction of sp³-hybridized carbons (Fsp3) is 0.455. The molecule has 0 spiro atoms. The fourth-order valence-electron chi connectivity index (χ4n) is 3.04. The van der Waals surface area contributed by atoms with Gasteiger partial charge in [0.1, 0.15) is 0 Å². The summed E-state index contributed by atoms with van der Waals surface area (Å²) in [5.74, 6) is -25.7. The highest BCUT2D eigenvalue weighted by molar-refractivity contribution is 5.67. The van der Waals surface area contributed by atoms with Gasteiger partial charge in [-0.15, -0.1) is 0 Å². The van der Waals surface area contributed by atoms with Crippen LogP contribution in [0.1, 0.15) is 46.0 Å². The van der Waals surface area contributed by atoms with E-state index in [1.54, 1.807) is 0 Å². The van der Waals surface area contributed by atoms with Crippen LogP contribution in [0.4, 0.5) is 43.9 Å². The van der Waals surface area contributed by atoms with E-state index in [2.05, 4.69) is 19.2 Å². The second kappa shape index (κ2) is 12.8. The van der Waals surface area contributed by atoms with Gasteiger partial charge in [0, 0.05) is 0 Å². The van der Waals surface area contributed by atoms with E-state index in [1.165, 1.54) is 38.6 Å². The fourth-order valence-corrected chi connectivity index (χ4v) is 3.04. The van der Waals surface area contributed by atoms with Crippen molar-refractivity contribution in [3.05, 3.63) is 58.2 Å². The van der Waals surface area contributed by atoms with E-state index in [1.807, 2.05) is 7.05 Å². The van der Waals surface area contributed by atoms with Gasteiger partial charge in [-0.05, 0) is 25.9 Å². The highest BCUT2D eigenvalue weighted by Gasteiger charge is 2.34. The molecule has 0 bridgehead atoms. The lowest BCUT2D eigenvalue weighted by Gasteiger charge is -2.13. The van der Waals surface area contributed by atoms with Gasteiger partial charge in [0.2, 0.25) is 11.6 Å². The maximum atomic E-state index is 13.4. The van der Waals surface area contributed by atoms with Crippen LogP contribution in [-0.4, -0.2) is 13.6 Å². The molecule has 11 heteroatoms. The third-order valence-corrected chi connectivity index (χ3v) is 5.02. The molecule has 0 aliphatic heterocycles. The normalized spacial score (nSPS) is 11.9. The summed E-state index contributed by atoms with van der Waals surface area (Å²) in [5, 5.41) is 3.21. The topological polar surface area (TPSA) is 12.0 Å². The van der Waals surface area contributed by atoms with Crippen molar-refractivity contribution in [2.45, 2.75) is 46.0 Å². The molecule has 0 aliphatic rings. The number of nitrogens with one attached hydrogen (secondary N) is 1. The van der Waals surface area contributed by atoms with Gasteiger partial charge in [0.15, 0.2) is 46.5 Å². The Balaban J connectivity index is 0.000000420. The highest BCUT2D eigenvalue weighted by atomic mass is 19.2. The molecule has 2 rings (SSSR count). The summed E-state index contributed by atoms with van der Waals surface area (Å²) in [7, 11) is 2.03. The molecule has 1 atom stereocenters. The van der Waals surface area contributed by atoms with Crippen LogP contribution in [0.15, 0.2) is 0 Å². The SMILES string of the molecule is CCCCC(CC)CCNC.Fc1c(F)c(F)c(-c2c(F)c(F)c(F)c(F)c2F)c(F)c1F. The number of benzene rings is 2. The van der Waals surface area contributed by atoms with Gasteiger partial charge in [-0.3, -0.25) is 0 Å². The zero-order valence-electron chi connectivity index (χ0n) is 18.1. The standard InChI is InChI=1S/C12F10.C10H23N/c13-3-1(4(14)8(18)11(21)7(3)17)2-5(15)9(19)12(22)10(20)6(2)16;1-4-6-7-10(5-2)8-9-11-3/h;10-11H,4-9H2,1-3H3. The third kappa shape index (κ3) is 6.39. The number of hydrogen-bond acceptors (Lipinski definition) is 1. The van der Waals surface area contributed by atoms with E-state index in [9.17, 15) is 43.9 Å². The van der Waals surface area contributed by atoms with Gasteiger partial charge in [-0.1, -0.05) is 39.5 Å². The predicted molar refractivity (Wildman–Crippen MR) is 103 cm³/mol. The minimum absolute atomic E-state index is 0.961. The summed E-state index contributed by atoms with van der Waals surface area (Å²) in [5.41, 5.74) is -4.52. The molecule has 0 saturated carbocycles. The average molecular weight is 491 g/mol. The van der Waals surface area contributed by atoms with Crippen LogP contribution in [0.3, 0.4) is 0 Å². The zero-order valence-corrected chi connectivity index (χ0v) is 18.1. The lowest BCUT2D eigenvalue weighted by Crippen LogP contribution is -2.12. The number of hydrogen-bond donors (Lipinski definition) is 1. The molecule has 33 heavy (non-hydrogen) atoms. The molecule has 0 aromatic heterocycles. The lowest BCUT2D eigenvalue weighted by atomic mass is 9.96. The Morgan fingerprint density at radius 1 is 0.545 bits per heavy atom. The molecule has 186 valence electrons. The van der Waals surface area contributed by atoms with Crippen LogP contribution in [0.25, 0.3) is 11.1 Å². The molecule has 1 unspecified atom stereocenters. The van der Waals surface area contributed by atoms with E-state index in [0.717, 1.165) is 5.92 Å². The summed E-state index contributed by atoms with van der Waals surface area (Å²) in [4.78, 5) is 0. The predicted octanol–water partition coefficient (Wildman–Crippen LogP) is 7.56. The Morgan fingerprint density at radius 3 is 1.15 bits per heavy atom. The van der Waals surface area contributed by atoms with Crippen LogP contribution in [0.2, 0.25) is 0 Å². The first-order valence-corrected chi connectivity index (χ1v) is 10.1. The quantitative estimate of drug-likeness (QED) is 0.228. The van der Waals surface area contributed by atoms with Crippen molar-refractivity contribution in [1.29, 1.82) is 0 Å². The molecule has 1 nitrogen and oxygen atoms in total. The molecule has 2 aromatic rings. The molecular formula is C22H23F10N. The van der Waals surface area contributed by atoms with Crippen LogP contribution in [0, 0.1) is 64.1 Å². The molecule has 2 aromatic carbocycles. The van der Waals surface area contributed by atoms with Gasteiger partial charge in [-0.2, -0.15) is 0 Å². The van der Waals surface area contributed by atoms with Crippen molar-refractivity contribution in [3.63, 3.8) is 0 Å². The van der Waals surface area contributed by atoms with Crippen molar-refractivity contribution < 1.29 is 43.9 Å². The molecule has 0 radical (unpaired) electrons. The van der Waals surface area contributed by atoms with E-state index in [-0.39, 0.29) is 0 Å². The Morgan fingerprint density at radius 2 is 0.879 bits per heavy atom. The summed E-state index contributed by atoms with van der Waals surface area (Å²) in [6, 6.07) is 0. The first-order chi connectivity index (χ1) is 15.5. The minimum Gasteiger partial charge on any atom is -0.320 e. The molecular weight excluding hydrogens is 468 g/mol. The summed E-state index contributed by atoms with van der Waals surface area (Å²) < 4.78 is 131. The van der Waals surface area contributed by atoms with E-state index >= 15 is 0 Å². The molecule has 0 aliphatic carbocycles. The second-order valence-corrected chi connectivity index (χ2v) is 7.20. The minimum atomic E-state index is -2.68. The van der Waals surface area contributed by atoms with Crippen molar-refractivity contribution >= 4 is 0 Å². The Kier molecular flexibility index (Phi) is 11.2. The Labute approximate surface area is 184 Å². The lowest BCUT2D eigenvalue weighted by molar-refractivity contribution is 0.370. The zero-order chi connectivity index (χ0) is 25.5. The Bertz CT molecular complexity index is 828. The first-order valence-electron chi connectivity index (χ1n) is 10.1. The molecule has 0 amide bonds. The molecule has 0 fully saturated rings. The van der Waals surface area contributed by atoms with Crippen molar-refractivity contribution in [2.75, 3.05) is 13.6 Å². The smallest absolute Gasteiger partial charge is 0.200 e. The average Bonchev–Trinajstić information content (AvgIpc) is 2.81. The van der Waals surface area contributed by atoms with Crippen molar-refractivity contribution in [3.8, 4) is 11.1 Å². The molecule has 1 N–H and O–H groups in total. The maximum Gasteiger partial charge on any atom is 0.200 e. The second-order valence-electron chi connectivity index (χ2n) is 7.20. The van der Waals surface area contributed by atoms with Gasteiger partial charge in [0.25, 0.3) is 0 Å². The monoisotopic (exact) mass is 491 g/mol. The van der Waals surface area contributed by atoms with Crippen molar-refractivity contribution in [2.24, 2.45) is 5.92 Å². The maximum absolute atomic E-state index is 13.4. The molecule has 0 saturated heterocycles. The van der Waals surface area contributed by atoms with E-state index in [0.29, 0.717) is 0 Å². The summed E-state index contributed by atoms with van der Waals surface area (Å²) >= 11 is 0. The van der Waals surface area contributed by atoms with Crippen LogP contribution < -0.4 is 5.32 Å². The summed E-state index contributed by atoms with van der Waals surface area (Å²) in [6.45, 7) is 5.75. The van der Waals surface area contributed by atoms with Crippen LogP contribution in [0.5, 0.6) is 0 Å². The van der Waals surface area contributed by atoms with Gasteiger partial charge < -0.3 is 5.32 Å². The largest absolute Gasteiger partial charge is 0.320 e. The van der Waals surface area contributed by atoms with E-state index < -0.39 is 69.3 Å². The summed E-state index contributed by atoms with van der Waals surface area (Å²) in [6.07, 6.45) is 6.88. The molecule has 0 heterocycles. The number of unbranched alkanes of at least 4 members (excludes halogenated alkanes) is 1. The van der Waals surface area contributed by atoms with Gasteiger partial charge >= 0.3 is 0 Å².